The maximum absolute atomic E-state index is 12.1. The largest absolute Gasteiger partial charge is 0.384 e. The molecule has 1 aromatic rings. The van der Waals surface area contributed by atoms with Crippen LogP contribution in [0, 0.1) is 18.8 Å². The molecule has 0 aliphatic rings. The topological polar surface area (TPSA) is 58.6 Å². The number of ether oxygens (including phenoxy) is 1. The lowest BCUT2D eigenvalue weighted by atomic mass is 10.0. The van der Waals surface area contributed by atoms with Crippen LogP contribution >= 0.6 is 0 Å². The molecule has 19 heavy (non-hydrogen) atoms. The van der Waals surface area contributed by atoms with E-state index in [0.717, 1.165) is 5.56 Å². The summed E-state index contributed by atoms with van der Waals surface area (Å²) in [5.41, 5.74) is 2.12. The number of methoxy groups -OCH3 is 1. The van der Waals surface area contributed by atoms with Crippen molar-refractivity contribution in [1.82, 2.24) is 5.32 Å². The number of aliphatic hydroxyl groups excluding tert-OH is 1. The smallest absolute Gasteiger partial charge is 0.252 e. The average Bonchev–Trinajstić information content (AvgIpc) is 2.42. The van der Waals surface area contributed by atoms with Gasteiger partial charge in [-0.25, -0.2) is 0 Å². The predicted octanol–water partition coefficient (Wildman–Crippen LogP) is 1.10. The second-order valence-electron chi connectivity index (χ2n) is 4.27. The van der Waals surface area contributed by atoms with Crippen LogP contribution in [0.1, 0.15) is 28.4 Å². The zero-order valence-electron chi connectivity index (χ0n) is 11.5. The first kappa shape index (κ1) is 15.2. The molecule has 0 spiro atoms. The lowest BCUT2D eigenvalue weighted by molar-refractivity contribution is 0.0870. The maximum Gasteiger partial charge on any atom is 0.252 e. The molecular weight excluding hydrogens is 242 g/mol. The van der Waals surface area contributed by atoms with E-state index in [-0.39, 0.29) is 18.6 Å². The summed E-state index contributed by atoms with van der Waals surface area (Å²) in [6.07, 6.45) is -0.0410. The third-order valence-electron chi connectivity index (χ3n) is 2.67. The number of hydrogen-bond acceptors (Lipinski definition) is 3. The molecule has 1 aromatic carbocycles. The highest BCUT2D eigenvalue weighted by molar-refractivity contribution is 5.97. The molecule has 0 saturated heterocycles. The summed E-state index contributed by atoms with van der Waals surface area (Å²) in [6.45, 7) is 4.01. The second-order valence-corrected chi connectivity index (χ2v) is 4.27. The van der Waals surface area contributed by atoms with Crippen molar-refractivity contribution < 1.29 is 14.6 Å². The Bertz CT molecular complexity index is 500. The van der Waals surface area contributed by atoms with Crippen molar-refractivity contribution in [1.29, 1.82) is 0 Å². The van der Waals surface area contributed by atoms with E-state index in [9.17, 15) is 4.79 Å². The molecule has 0 aliphatic heterocycles. The van der Waals surface area contributed by atoms with Gasteiger partial charge in [-0.2, -0.15) is 0 Å². The Hall–Kier alpha value is -1.83. The molecule has 0 fully saturated rings. The first-order chi connectivity index (χ1) is 9.08. The summed E-state index contributed by atoms with van der Waals surface area (Å²) in [4.78, 5) is 12.1. The quantitative estimate of drug-likeness (QED) is 0.798. The summed E-state index contributed by atoms with van der Waals surface area (Å²) in [7, 11) is 1.60. The third kappa shape index (κ3) is 4.74. The minimum atomic E-state index is -0.227. The summed E-state index contributed by atoms with van der Waals surface area (Å²) in [5.74, 6) is 5.15. The molecule has 102 valence electrons. The van der Waals surface area contributed by atoms with Crippen molar-refractivity contribution in [3.05, 3.63) is 34.9 Å². The molecule has 1 unspecified atom stereocenters. The van der Waals surface area contributed by atoms with Gasteiger partial charge in [0.1, 0.15) is 6.61 Å². The number of rotatable bonds is 4. The molecule has 1 amide bonds. The first-order valence-electron chi connectivity index (χ1n) is 6.10. The number of carbonyl (C=O) groups is 1. The molecule has 2 N–H and O–H groups in total. The van der Waals surface area contributed by atoms with E-state index in [0.29, 0.717) is 17.7 Å². The Kier molecular flexibility index (Phi) is 6.07. The number of aryl methyl sites for hydroxylation is 1. The summed E-state index contributed by atoms with van der Waals surface area (Å²) in [5, 5.41) is 11.5. The fourth-order valence-electron chi connectivity index (χ4n) is 1.50. The van der Waals surface area contributed by atoms with E-state index < -0.39 is 0 Å². The monoisotopic (exact) mass is 261 g/mol. The SMILES string of the molecule is COC(C)CNC(=O)c1cc(C)ccc1C#CCO. The molecule has 0 heterocycles. The van der Waals surface area contributed by atoms with E-state index in [1.165, 1.54) is 0 Å². The molecule has 1 rings (SSSR count). The van der Waals surface area contributed by atoms with Crippen LogP contribution in [0.5, 0.6) is 0 Å². The van der Waals surface area contributed by atoms with E-state index in [2.05, 4.69) is 17.2 Å². The molecule has 0 aliphatic carbocycles. The van der Waals surface area contributed by atoms with Crippen LogP contribution in [0.4, 0.5) is 0 Å². The second kappa shape index (κ2) is 7.57. The van der Waals surface area contributed by atoms with Gasteiger partial charge >= 0.3 is 0 Å². The summed E-state index contributed by atoms with van der Waals surface area (Å²) < 4.78 is 5.08. The van der Waals surface area contributed by atoms with Gasteiger partial charge < -0.3 is 15.2 Å². The van der Waals surface area contributed by atoms with Crippen molar-refractivity contribution in [2.45, 2.75) is 20.0 Å². The van der Waals surface area contributed by atoms with Crippen LogP contribution in [0.2, 0.25) is 0 Å². The van der Waals surface area contributed by atoms with Gasteiger partial charge in [-0.15, -0.1) is 0 Å². The molecule has 0 aromatic heterocycles. The predicted molar refractivity (Wildman–Crippen MR) is 73.9 cm³/mol. The number of aliphatic hydroxyl groups is 1. The Morgan fingerprint density at radius 2 is 2.26 bits per heavy atom. The summed E-state index contributed by atoms with van der Waals surface area (Å²) >= 11 is 0. The number of amides is 1. The number of hydrogen-bond donors (Lipinski definition) is 2. The number of carbonyl (C=O) groups excluding carboxylic acids is 1. The number of nitrogens with one attached hydrogen (secondary N) is 1. The highest BCUT2D eigenvalue weighted by Crippen LogP contribution is 2.11. The molecule has 0 saturated carbocycles. The lowest BCUT2D eigenvalue weighted by Gasteiger charge is -2.12. The van der Waals surface area contributed by atoms with Crippen molar-refractivity contribution in [2.75, 3.05) is 20.3 Å². The van der Waals surface area contributed by atoms with Crippen LogP contribution < -0.4 is 5.32 Å². The van der Waals surface area contributed by atoms with Gasteiger partial charge in [0, 0.05) is 19.2 Å². The van der Waals surface area contributed by atoms with Gasteiger partial charge in [0.15, 0.2) is 0 Å². The van der Waals surface area contributed by atoms with Crippen LogP contribution in [0.25, 0.3) is 0 Å². The molecule has 0 bridgehead atoms. The van der Waals surface area contributed by atoms with Gasteiger partial charge in [-0.1, -0.05) is 23.5 Å². The lowest BCUT2D eigenvalue weighted by Crippen LogP contribution is -2.32. The summed E-state index contributed by atoms with van der Waals surface area (Å²) in [6, 6.07) is 5.46. The van der Waals surface area contributed by atoms with Crippen molar-refractivity contribution in [2.24, 2.45) is 0 Å². The van der Waals surface area contributed by atoms with Crippen LogP contribution in [-0.2, 0) is 4.74 Å². The number of benzene rings is 1. The molecule has 0 radical (unpaired) electrons. The van der Waals surface area contributed by atoms with Crippen LogP contribution in [0.15, 0.2) is 18.2 Å². The Morgan fingerprint density at radius 1 is 1.53 bits per heavy atom. The standard InChI is InChI=1S/C15H19NO3/c1-11-6-7-13(5-4-8-17)14(9-11)15(18)16-10-12(2)19-3/h6-7,9,12,17H,8,10H2,1-3H3,(H,16,18). The van der Waals surface area contributed by atoms with E-state index >= 15 is 0 Å². The van der Waals surface area contributed by atoms with Crippen molar-refractivity contribution >= 4 is 5.91 Å². The minimum Gasteiger partial charge on any atom is -0.384 e. The van der Waals surface area contributed by atoms with E-state index in [1.807, 2.05) is 19.9 Å². The fourth-order valence-corrected chi connectivity index (χ4v) is 1.50. The maximum atomic E-state index is 12.1. The molecule has 1 atom stereocenters. The zero-order valence-corrected chi connectivity index (χ0v) is 11.5. The Labute approximate surface area is 113 Å². The van der Waals surface area contributed by atoms with Crippen molar-refractivity contribution in [3.8, 4) is 11.8 Å². The van der Waals surface area contributed by atoms with E-state index in [1.54, 1.807) is 19.2 Å². The minimum absolute atomic E-state index is 0.0410. The van der Waals surface area contributed by atoms with Gasteiger partial charge in [0.05, 0.1) is 11.7 Å². The van der Waals surface area contributed by atoms with E-state index in [4.69, 9.17) is 9.84 Å². The zero-order chi connectivity index (χ0) is 14.3. The first-order valence-corrected chi connectivity index (χ1v) is 6.10. The molecular formula is C15H19NO3. The highest BCUT2D eigenvalue weighted by atomic mass is 16.5. The highest BCUT2D eigenvalue weighted by Gasteiger charge is 2.11. The van der Waals surface area contributed by atoms with Crippen LogP contribution in [0.3, 0.4) is 0 Å². The van der Waals surface area contributed by atoms with Gasteiger partial charge in [0.2, 0.25) is 0 Å². The average molecular weight is 261 g/mol. The Morgan fingerprint density at radius 3 is 2.89 bits per heavy atom. The van der Waals surface area contributed by atoms with Gasteiger partial charge in [0.25, 0.3) is 5.91 Å². The fraction of sp³-hybridized carbons (Fsp3) is 0.400. The molecule has 4 heteroatoms. The Balaban J connectivity index is 2.90. The van der Waals surface area contributed by atoms with Gasteiger partial charge in [-0.3, -0.25) is 4.79 Å². The third-order valence-corrected chi connectivity index (χ3v) is 2.67. The normalized spacial score (nSPS) is 11.4. The van der Waals surface area contributed by atoms with Crippen molar-refractivity contribution in [3.63, 3.8) is 0 Å². The van der Waals surface area contributed by atoms with Gasteiger partial charge in [-0.05, 0) is 26.0 Å². The van der Waals surface area contributed by atoms with Crippen LogP contribution in [-0.4, -0.2) is 37.4 Å². The molecule has 4 nitrogen and oxygen atoms in total.